The minimum absolute atomic E-state index is 0.0971. The first-order valence-corrected chi connectivity index (χ1v) is 9.42. The lowest BCUT2D eigenvalue weighted by Crippen LogP contribution is -2.29. The molecular weight excluding hydrogens is 274 g/mol. The molecule has 2 fully saturated rings. The second-order valence-corrected chi connectivity index (χ2v) is 8.29. The van der Waals surface area contributed by atoms with Gasteiger partial charge in [-0.05, 0) is 25.3 Å². The molecule has 1 aromatic rings. The molecule has 1 unspecified atom stereocenters. The van der Waals surface area contributed by atoms with Gasteiger partial charge in [0.2, 0.25) is 0 Å². The maximum atomic E-state index is 11.4. The Morgan fingerprint density at radius 2 is 2.05 bits per heavy atom. The van der Waals surface area contributed by atoms with Crippen LogP contribution in [0.15, 0.2) is 12.3 Å². The fourth-order valence-corrected chi connectivity index (χ4v) is 4.93. The Kier molecular flexibility index (Phi) is 4.12. The van der Waals surface area contributed by atoms with Crippen molar-refractivity contribution in [3.05, 3.63) is 18.0 Å². The molecule has 1 aromatic heterocycles. The number of rotatable bonds is 4. The molecule has 2 aliphatic rings. The Hall–Kier alpha value is -0.880. The lowest BCUT2D eigenvalue weighted by atomic mass is 9.96. The highest BCUT2D eigenvalue weighted by Crippen LogP contribution is 2.27. The lowest BCUT2D eigenvalue weighted by Gasteiger charge is -2.21. The van der Waals surface area contributed by atoms with E-state index in [9.17, 15) is 8.42 Å². The minimum atomic E-state index is -2.80. The number of hydrogen-bond donors (Lipinski definition) is 1. The molecule has 6 heteroatoms. The van der Waals surface area contributed by atoms with Crippen molar-refractivity contribution in [2.45, 2.75) is 57.2 Å². The topological polar surface area (TPSA) is 64.0 Å². The van der Waals surface area contributed by atoms with Crippen molar-refractivity contribution in [3.8, 4) is 0 Å². The minimum Gasteiger partial charge on any atom is -0.307 e. The molecule has 5 nitrogen and oxygen atoms in total. The molecule has 20 heavy (non-hydrogen) atoms. The van der Waals surface area contributed by atoms with Crippen molar-refractivity contribution < 1.29 is 8.42 Å². The Balaban J connectivity index is 1.52. The highest BCUT2D eigenvalue weighted by molar-refractivity contribution is 7.91. The van der Waals surface area contributed by atoms with E-state index >= 15 is 0 Å². The van der Waals surface area contributed by atoms with Gasteiger partial charge in [0.25, 0.3) is 0 Å². The van der Waals surface area contributed by atoms with E-state index in [0.717, 1.165) is 12.1 Å². The van der Waals surface area contributed by atoms with Gasteiger partial charge in [-0.15, -0.1) is 0 Å². The normalized spacial score (nSPS) is 26.9. The lowest BCUT2D eigenvalue weighted by molar-refractivity contribution is 0.327. The molecular formula is C14H23N3O2S. The van der Waals surface area contributed by atoms with Gasteiger partial charge in [-0.25, -0.2) is 8.42 Å². The fourth-order valence-electron chi connectivity index (χ4n) is 3.23. The maximum absolute atomic E-state index is 11.4. The van der Waals surface area contributed by atoms with E-state index in [1.54, 1.807) is 0 Å². The Morgan fingerprint density at radius 3 is 2.75 bits per heavy atom. The zero-order valence-corrected chi connectivity index (χ0v) is 12.6. The summed E-state index contributed by atoms with van der Waals surface area (Å²) < 4.78 is 24.9. The number of hydrogen-bond acceptors (Lipinski definition) is 4. The SMILES string of the molecule is O=S1(=O)CCC(NCc2ccn(C3CCCCC3)n2)C1. The van der Waals surface area contributed by atoms with Crippen LogP contribution in [0.2, 0.25) is 0 Å². The summed E-state index contributed by atoms with van der Waals surface area (Å²) in [6, 6.07) is 2.70. The van der Waals surface area contributed by atoms with Gasteiger partial charge in [0.15, 0.2) is 9.84 Å². The first-order valence-electron chi connectivity index (χ1n) is 7.60. The van der Waals surface area contributed by atoms with Gasteiger partial charge in [-0.3, -0.25) is 4.68 Å². The van der Waals surface area contributed by atoms with Crippen molar-refractivity contribution in [2.75, 3.05) is 11.5 Å². The summed E-state index contributed by atoms with van der Waals surface area (Å²) in [7, 11) is -2.80. The van der Waals surface area contributed by atoms with Gasteiger partial charge in [-0.1, -0.05) is 19.3 Å². The molecule has 2 heterocycles. The van der Waals surface area contributed by atoms with Crippen LogP contribution in [0.3, 0.4) is 0 Å². The summed E-state index contributed by atoms with van der Waals surface area (Å²) >= 11 is 0. The van der Waals surface area contributed by atoms with Crippen LogP contribution in [-0.4, -0.2) is 35.7 Å². The van der Waals surface area contributed by atoms with Crippen LogP contribution in [0, 0.1) is 0 Å². The zero-order chi connectivity index (χ0) is 14.0. The third-order valence-corrected chi connectivity index (χ3v) is 6.18. The average molecular weight is 297 g/mol. The van der Waals surface area contributed by atoms with Crippen LogP contribution >= 0.6 is 0 Å². The summed E-state index contributed by atoms with van der Waals surface area (Å²) in [5.41, 5.74) is 1.01. The number of aromatic nitrogens is 2. The number of nitrogens with zero attached hydrogens (tertiary/aromatic N) is 2. The van der Waals surface area contributed by atoms with Crippen molar-refractivity contribution >= 4 is 9.84 Å². The second kappa shape index (κ2) is 5.85. The number of nitrogens with one attached hydrogen (secondary N) is 1. The molecule has 112 valence electrons. The van der Waals surface area contributed by atoms with E-state index in [-0.39, 0.29) is 11.8 Å². The average Bonchev–Trinajstić information content (AvgIpc) is 3.04. The van der Waals surface area contributed by atoms with Crippen LogP contribution in [0.5, 0.6) is 0 Å². The van der Waals surface area contributed by atoms with Gasteiger partial charge >= 0.3 is 0 Å². The predicted molar refractivity (Wildman–Crippen MR) is 78.2 cm³/mol. The molecule has 0 radical (unpaired) electrons. The predicted octanol–water partition coefficient (Wildman–Crippen LogP) is 1.66. The van der Waals surface area contributed by atoms with E-state index in [0.29, 0.717) is 18.3 Å². The van der Waals surface area contributed by atoms with Crippen LogP contribution in [0.4, 0.5) is 0 Å². The summed E-state index contributed by atoms with van der Waals surface area (Å²) in [6.45, 7) is 0.667. The van der Waals surface area contributed by atoms with Crippen molar-refractivity contribution in [3.63, 3.8) is 0 Å². The first kappa shape index (κ1) is 14.1. The molecule has 1 aliphatic carbocycles. The van der Waals surface area contributed by atoms with Crippen LogP contribution in [0.1, 0.15) is 50.3 Å². The molecule has 3 rings (SSSR count). The van der Waals surface area contributed by atoms with Gasteiger partial charge < -0.3 is 5.32 Å². The Labute approximate surface area is 120 Å². The van der Waals surface area contributed by atoms with Gasteiger partial charge in [-0.2, -0.15) is 5.10 Å². The third-order valence-electron chi connectivity index (χ3n) is 4.42. The maximum Gasteiger partial charge on any atom is 0.151 e. The second-order valence-electron chi connectivity index (χ2n) is 6.06. The van der Waals surface area contributed by atoms with Crippen LogP contribution < -0.4 is 5.32 Å². The molecule has 1 atom stereocenters. The molecule has 0 bridgehead atoms. The van der Waals surface area contributed by atoms with Gasteiger partial charge in [0.1, 0.15) is 0 Å². The smallest absolute Gasteiger partial charge is 0.151 e. The van der Waals surface area contributed by atoms with E-state index in [1.165, 1.54) is 32.1 Å². The summed E-state index contributed by atoms with van der Waals surface area (Å²) in [5, 5.41) is 7.95. The van der Waals surface area contributed by atoms with Crippen molar-refractivity contribution in [1.82, 2.24) is 15.1 Å². The molecule has 0 amide bonds. The third kappa shape index (κ3) is 3.41. The zero-order valence-electron chi connectivity index (χ0n) is 11.8. The van der Waals surface area contributed by atoms with Crippen LogP contribution in [-0.2, 0) is 16.4 Å². The Bertz CT molecular complexity index is 547. The van der Waals surface area contributed by atoms with E-state index < -0.39 is 9.84 Å². The molecule has 0 spiro atoms. The monoisotopic (exact) mass is 297 g/mol. The standard InChI is InChI=1S/C14H23N3O2S/c18-20(19)9-7-13(11-20)15-10-12-6-8-17(16-12)14-4-2-1-3-5-14/h6,8,13-15H,1-5,7,9-11H2. The highest BCUT2D eigenvalue weighted by Gasteiger charge is 2.27. The van der Waals surface area contributed by atoms with E-state index in [4.69, 9.17) is 0 Å². The fraction of sp³-hybridized carbons (Fsp3) is 0.786. The first-order chi connectivity index (χ1) is 9.62. The van der Waals surface area contributed by atoms with E-state index in [1.807, 2.05) is 6.07 Å². The summed E-state index contributed by atoms with van der Waals surface area (Å²) in [4.78, 5) is 0. The highest BCUT2D eigenvalue weighted by atomic mass is 32.2. The molecule has 1 N–H and O–H groups in total. The molecule has 0 aromatic carbocycles. The Morgan fingerprint density at radius 1 is 1.25 bits per heavy atom. The van der Waals surface area contributed by atoms with Gasteiger partial charge in [0.05, 0.1) is 23.2 Å². The van der Waals surface area contributed by atoms with Crippen molar-refractivity contribution in [1.29, 1.82) is 0 Å². The van der Waals surface area contributed by atoms with Crippen molar-refractivity contribution in [2.24, 2.45) is 0 Å². The molecule has 1 aliphatic heterocycles. The number of sulfone groups is 1. The summed E-state index contributed by atoms with van der Waals surface area (Å²) in [6.07, 6.45) is 9.22. The van der Waals surface area contributed by atoms with Crippen LogP contribution in [0.25, 0.3) is 0 Å². The van der Waals surface area contributed by atoms with Gasteiger partial charge in [0, 0.05) is 18.8 Å². The van der Waals surface area contributed by atoms with E-state index in [2.05, 4.69) is 21.3 Å². The molecule has 1 saturated heterocycles. The largest absolute Gasteiger partial charge is 0.307 e. The summed E-state index contributed by atoms with van der Waals surface area (Å²) in [5.74, 6) is 0.595. The quantitative estimate of drug-likeness (QED) is 0.918. The molecule has 1 saturated carbocycles.